The highest BCUT2D eigenvalue weighted by molar-refractivity contribution is 7.07. The van der Waals surface area contributed by atoms with Crippen LogP contribution in [0.5, 0.6) is 0 Å². The molecule has 1 saturated heterocycles. The summed E-state index contributed by atoms with van der Waals surface area (Å²) in [6.07, 6.45) is 2.13. The van der Waals surface area contributed by atoms with Crippen LogP contribution in [-0.2, 0) is 13.1 Å². The van der Waals surface area contributed by atoms with Crippen molar-refractivity contribution in [2.75, 3.05) is 26.2 Å². The molecule has 1 aliphatic heterocycles. The molecule has 24 heavy (non-hydrogen) atoms. The van der Waals surface area contributed by atoms with Gasteiger partial charge in [-0.25, -0.2) is 9.97 Å². The Morgan fingerprint density at radius 2 is 1.79 bits per heavy atom. The highest BCUT2D eigenvalue weighted by atomic mass is 32.1. The molecule has 0 atom stereocenters. The molecule has 0 aromatic carbocycles. The van der Waals surface area contributed by atoms with E-state index in [0.29, 0.717) is 0 Å². The van der Waals surface area contributed by atoms with Gasteiger partial charge in [0.1, 0.15) is 0 Å². The summed E-state index contributed by atoms with van der Waals surface area (Å²) >= 11 is 1.78. The van der Waals surface area contributed by atoms with E-state index in [9.17, 15) is 0 Å². The Hall–Kier alpha value is -1.76. The van der Waals surface area contributed by atoms with E-state index >= 15 is 0 Å². The fourth-order valence-electron chi connectivity index (χ4n) is 3.37. The summed E-state index contributed by atoms with van der Waals surface area (Å²) < 4.78 is 2.09. The van der Waals surface area contributed by atoms with Gasteiger partial charge in [0.05, 0.1) is 5.69 Å². The van der Waals surface area contributed by atoms with Gasteiger partial charge in [0, 0.05) is 56.9 Å². The first-order valence-electron chi connectivity index (χ1n) is 8.45. The van der Waals surface area contributed by atoms with Crippen LogP contribution in [0.2, 0.25) is 0 Å². The van der Waals surface area contributed by atoms with E-state index in [1.807, 2.05) is 6.92 Å². The molecule has 0 aliphatic carbocycles. The van der Waals surface area contributed by atoms with Crippen molar-refractivity contribution in [3.05, 3.63) is 51.7 Å². The van der Waals surface area contributed by atoms with Gasteiger partial charge in [-0.15, -0.1) is 0 Å². The standard InChI is InChI=1S/C18H23N5S/c1-14-9-15(2)23-12-17(20-18(23)19-14)11-22-6-4-21(5-7-22)10-16-3-8-24-13-16/h3,8-9,12-13H,4-7,10-11H2,1-2H3. The van der Waals surface area contributed by atoms with Crippen LogP contribution in [0.25, 0.3) is 5.78 Å². The molecule has 126 valence electrons. The van der Waals surface area contributed by atoms with E-state index < -0.39 is 0 Å². The van der Waals surface area contributed by atoms with Gasteiger partial charge in [0.2, 0.25) is 5.78 Å². The van der Waals surface area contributed by atoms with Crippen molar-refractivity contribution >= 4 is 17.1 Å². The molecule has 3 aromatic rings. The van der Waals surface area contributed by atoms with Crippen LogP contribution in [0, 0.1) is 13.8 Å². The molecule has 3 aromatic heterocycles. The average molecular weight is 341 g/mol. The Morgan fingerprint density at radius 3 is 2.50 bits per heavy atom. The number of piperazine rings is 1. The number of aryl methyl sites for hydroxylation is 2. The van der Waals surface area contributed by atoms with Crippen molar-refractivity contribution in [2.24, 2.45) is 0 Å². The molecule has 0 N–H and O–H groups in total. The van der Waals surface area contributed by atoms with Crippen LogP contribution in [0.3, 0.4) is 0 Å². The Kier molecular flexibility index (Phi) is 4.35. The average Bonchev–Trinajstić information content (AvgIpc) is 3.19. The molecule has 0 amide bonds. The third-order valence-corrected chi connectivity index (χ3v) is 5.38. The maximum absolute atomic E-state index is 4.71. The molecular formula is C18H23N5S. The van der Waals surface area contributed by atoms with Gasteiger partial charge in [-0.05, 0) is 42.3 Å². The molecule has 0 saturated carbocycles. The molecule has 0 radical (unpaired) electrons. The Balaban J connectivity index is 1.37. The van der Waals surface area contributed by atoms with Crippen LogP contribution in [0.1, 0.15) is 22.6 Å². The third-order valence-electron chi connectivity index (χ3n) is 4.65. The molecule has 1 fully saturated rings. The lowest BCUT2D eigenvalue weighted by Gasteiger charge is -2.34. The molecule has 5 nitrogen and oxygen atoms in total. The summed E-state index contributed by atoms with van der Waals surface area (Å²) in [6.45, 7) is 10.6. The van der Waals surface area contributed by atoms with Crippen LogP contribution in [-0.4, -0.2) is 50.3 Å². The largest absolute Gasteiger partial charge is 0.297 e. The molecule has 0 unspecified atom stereocenters. The Bertz CT molecular complexity index is 815. The normalized spacial score (nSPS) is 16.9. The van der Waals surface area contributed by atoms with Crippen molar-refractivity contribution in [1.29, 1.82) is 0 Å². The fraction of sp³-hybridized carbons (Fsp3) is 0.444. The van der Waals surface area contributed by atoms with Gasteiger partial charge in [0.15, 0.2) is 0 Å². The summed E-state index contributed by atoms with van der Waals surface area (Å²) in [5.74, 6) is 0.818. The van der Waals surface area contributed by atoms with E-state index in [1.165, 1.54) is 11.3 Å². The van der Waals surface area contributed by atoms with E-state index in [1.54, 1.807) is 11.3 Å². The quantitative estimate of drug-likeness (QED) is 0.731. The Morgan fingerprint density at radius 1 is 1.04 bits per heavy atom. The maximum atomic E-state index is 4.71. The number of aromatic nitrogens is 3. The number of hydrogen-bond donors (Lipinski definition) is 0. The zero-order chi connectivity index (χ0) is 16.5. The first-order chi connectivity index (χ1) is 11.7. The second-order valence-electron chi connectivity index (χ2n) is 6.63. The number of hydrogen-bond acceptors (Lipinski definition) is 5. The summed E-state index contributed by atoms with van der Waals surface area (Å²) in [5.41, 5.74) is 4.77. The van der Waals surface area contributed by atoms with E-state index in [0.717, 1.165) is 56.4 Å². The van der Waals surface area contributed by atoms with Crippen LogP contribution < -0.4 is 0 Å². The molecule has 4 heterocycles. The third kappa shape index (κ3) is 3.36. The first kappa shape index (κ1) is 15.7. The van der Waals surface area contributed by atoms with Gasteiger partial charge >= 0.3 is 0 Å². The number of nitrogens with zero attached hydrogens (tertiary/aromatic N) is 5. The van der Waals surface area contributed by atoms with Crippen LogP contribution in [0.4, 0.5) is 0 Å². The SMILES string of the molecule is Cc1cc(C)n2cc(CN3CCN(Cc4ccsc4)CC3)nc2n1. The summed E-state index contributed by atoms with van der Waals surface area (Å²) in [5, 5.41) is 4.41. The fourth-order valence-corrected chi connectivity index (χ4v) is 4.03. The summed E-state index contributed by atoms with van der Waals surface area (Å²) in [6, 6.07) is 4.33. The minimum Gasteiger partial charge on any atom is -0.297 e. The van der Waals surface area contributed by atoms with Crippen molar-refractivity contribution in [1.82, 2.24) is 24.2 Å². The second kappa shape index (κ2) is 6.63. The van der Waals surface area contributed by atoms with Crippen molar-refractivity contribution < 1.29 is 0 Å². The zero-order valence-corrected chi connectivity index (χ0v) is 15.1. The molecular weight excluding hydrogens is 318 g/mol. The molecule has 4 rings (SSSR count). The van der Waals surface area contributed by atoms with Gasteiger partial charge in [-0.3, -0.25) is 14.2 Å². The van der Waals surface area contributed by atoms with Gasteiger partial charge in [-0.1, -0.05) is 0 Å². The second-order valence-corrected chi connectivity index (χ2v) is 7.41. The van der Waals surface area contributed by atoms with E-state index in [4.69, 9.17) is 4.98 Å². The van der Waals surface area contributed by atoms with Crippen molar-refractivity contribution in [2.45, 2.75) is 26.9 Å². The van der Waals surface area contributed by atoms with E-state index in [-0.39, 0.29) is 0 Å². The molecule has 0 spiro atoms. The van der Waals surface area contributed by atoms with Gasteiger partial charge < -0.3 is 0 Å². The Labute approximate surface area is 146 Å². The molecule has 0 bridgehead atoms. The maximum Gasteiger partial charge on any atom is 0.234 e. The summed E-state index contributed by atoms with van der Waals surface area (Å²) in [4.78, 5) is 14.3. The number of imidazole rings is 1. The van der Waals surface area contributed by atoms with Crippen LogP contribution in [0.15, 0.2) is 29.1 Å². The lowest BCUT2D eigenvalue weighted by molar-refractivity contribution is 0.121. The molecule has 1 aliphatic rings. The van der Waals surface area contributed by atoms with Gasteiger partial charge in [0.25, 0.3) is 0 Å². The van der Waals surface area contributed by atoms with Crippen LogP contribution >= 0.6 is 11.3 Å². The van der Waals surface area contributed by atoms with E-state index in [2.05, 4.69) is 55.2 Å². The number of rotatable bonds is 4. The highest BCUT2D eigenvalue weighted by Crippen LogP contribution is 2.14. The lowest BCUT2D eigenvalue weighted by atomic mass is 10.2. The topological polar surface area (TPSA) is 36.7 Å². The summed E-state index contributed by atoms with van der Waals surface area (Å²) in [7, 11) is 0. The minimum atomic E-state index is 0.818. The van der Waals surface area contributed by atoms with Crippen molar-refractivity contribution in [3.8, 4) is 0 Å². The lowest BCUT2D eigenvalue weighted by Crippen LogP contribution is -2.45. The monoisotopic (exact) mass is 341 g/mol. The van der Waals surface area contributed by atoms with Crippen molar-refractivity contribution in [3.63, 3.8) is 0 Å². The number of fused-ring (bicyclic) bond motifs is 1. The highest BCUT2D eigenvalue weighted by Gasteiger charge is 2.18. The molecule has 6 heteroatoms. The number of thiophene rings is 1. The van der Waals surface area contributed by atoms with Gasteiger partial charge in [-0.2, -0.15) is 11.3 Å². The minimum absolute atomic E-state index is 0.818. The predicted molar refractivity (Wildman–Crippen MR) is 97.3 cm³/mol. The zero-order valence-electron chi connectivity index (χ0n) is 14.3. The predicted octanol–water partition coefficient (Wildman–Crippen LogP) is 2.73. The smallest absolute Gasteiger partial charge is 0.234 e. The first-order valence-corrected chi connectivity index (χ1v) is 9.40.